The molecule has 1 aromatic carbocycles. The van der Waals surface area contributed by atoms with E-state index in [2.05, 4.69) is 34.5 Å². The smallest absolute Gasteiger partial charge is 0.249 e. The Morgan fingerprint density at radius 1 is 1.21 bits per heavy atom. The van der Waals surface area contributed by atoms with Crippen LogP contribution in [0.5, 0.6) is 0 Å². The zero-order chi connectivity index (χ0) is 16.9. The van der Waals surface area contributed by atoms with Gasteiger partial charge in [0.05, 0.1) is 6.61 Å². The summed E-state index contributed by atoms with van der Waals surface area (Å²) < 4.78 is 5.13. The molecule has 2 aliphatic rings. The van der Waals surface area contributed by atoms with Crippen molar-refractivity contribution >= 4 is 5.91 Å². The fourth-order valence-electron chi connectivity index (χ4n) is 3.32. The first-order valence-corrected chi connectivity index (χ1v) is 8.93. The Morgan fingerprint density at radius 3 is 2.42 bits per heavy atom. The number of methoxy groups -OCH3 is 1. The molecule has 3 rings (SSSR count). The molecule has 1 saturated heterocycles. The third-order valence-corrected chi connectivity index (χ3v) is 5.01. The second kappa shape index (κ2) is 8.10. The first-order chi connectivity index (χ1) is 11.7. The highest BCUT2D eigenvalue weighted by Gasteiger charge is 2.32. The summed E-state index contributed by atoms with van der Waals surface area (Å²) in [4.78, 5) is 14.4. The Bertz CT molecular complexity index is 534. The molecule has 1 aliphatic heterocycles. The average Bonchev–Trinajstić information content (AvgIpc) is 3.41. The summed E-state index contributed by atoms with van der Waals surface area (Å²) in [7, 11) is 1.71. The van der Waals surface area contributed by atoms with Crippen LogP contribution in [0.25, 0.3) is 0 Å². The van der Waals surface area contributed by atoms with Crippen molar-refractivity contribution in [1.82, 2.24) is 10.2 Å². The summed E-state index contributed by atoms with van der Waals surface area (Å²) in [5.74, 6) is -0.0891. The van der Waals surface area contributed by atoms with Gasteiger partial charge >= 0.3 is 0 Å². The molecule has 2 N–H and O–H groups in total. The van der Waals surface area contributed by atoms with E-state index in [4.69, 9.17) is 4.74 Å². The fraction of sp³-hybridized carbons (Fsp3) is 0.632. The fourth-order valence-corrected chi connectivity index (χ4v) is 3.32. The van der Waals surface area contributed by atoms with E-state index in [-0.39, 0.29) is 11.8 Å². The average molecular weight is 332 g/mol. The molecule has 24 heavy (non-hydrogen) atoms. The summed E-state index contributed by atoms with van der Waals surface area (Å²) >= 11 is 0. The van der Waals surface area contributed by atoms with E-state index in [0.717, 1.165) is 45.3 Å². The van der Waals surface area contributed by atoms with Crippen LogP contribution in [0.3, 0.4) is 0 Å². The van der Waals surface area contributed by atoms with Gasteiger partial charge in [-0.3, -0.25) is 9.69 Å². The maximum Gasteiger partial charge on any atom is 0.249 e. The quantitative estimate of drug-likeness (QED) is 0.798. The molecule has 1 heterocycles. The van der Waals surface area contributed by atoms with Crippen LogP contribution in [0.4, 0.5) is 0 Å². The number of nitrogens with zero attached hydrogens (tertiary/aromatic N) is 1. The van der Waals surface area contributed by atoms with Gasteiger partial charge in [0.15, 0.2) is 0 Å². The van der Waals surface area contributed by atoms with Gasteiger partial charge in [-0.1, -0.05) is 24.3 Å². The lowest BCUT2D eigenvalue weighted by molar-refractivity contribution is -0.133. The predicted octanol–water partition coefficient (Wildman–Crippen LogP) is 1.68. The number of amides is 1. The van der Waals surface area contributed by atoms with Gasteiger partial charge in [0.1, 0.15) is 6.10 Å². The van der Waals surface area contributed by atoms with E-state index in [1.165, 1.54) is 11.1 Å². The molecule has 5 nitrogen and oxygen atoms in total. The van der Waals surface area contributed by atoms with E-state index in [9.17, 15) is 9.90 Å². The molecule has 2 fully saturated rings. The van der Waals surface area contributed by atoms with Gasteiger partial charge in [-0.2, -0.15) is 0 Å². The molecular formula is C19H28N2O3. The van der Waals surface area contributed by atoms with Crippen molar-refractivity contribution < 1.29 is 14.6 Å². The van der Waals surface area contributed by atoms with Crippen LogP contribution in [-0.2, 0) is 22.7 Å². The van der Waals surface area contributed by atoms with Crippen molar-refractivity contribution in [2.45, 2.75) is 51.0 Å². The Labute approximate surface area is 144 Å². The minimum absolute atomic E-state index is 0.0871. The Kier molecular flexibility index (Phi) is 5.87. The molecule has 1 aliphatic carbocycles. The minimum Gasteiger partial charge on any atom is -0.383 e. The number of hydrogen-bond acceptors (Lipinski definition) is 4. The topological polar surface area (TPSA) is 61.8 Å². The standard InChI is InChI=1S/C19H28N2O3/c1-24-13-15-4-2-14(3-5-15)12-21-10-8-16(9-11-21)18(22)19(23)20-17-6-7-17/h2-5,16-18,22H,6-13H2,1H3,(H,20,23)/t18-/m1/s1. The van der Waals surface area contributed by atoms with Crippen molar-refractivity contribution in [2.75, 3.05) is 20.2 Å². The Hall–Kier alpha value is -1.43. The maximum atomic E-state index is 12.0. The number of carbonyl (C=O) groups is 1. The summed E-state index contributed by atoms with van der Waals surface area (Å²) in [5, 5.41) is 13.1. The lowest BCUT2D eigenvalue weighted by Gasteiger charge is -2.33. The first-order valence-electron chi connectivity index (χ1n) is 8.93. The normalized spacial score (nSPS) is 20.8. The van der Waals surface area contributed by atoms with Crippen LogP contribution in [0, 0.1) is 5.92 Å². The van der Waals surface area contributed by atoms with E-state index in [0.29, 0.717) is 12.6 Å². The first kappa shape index (κ1) is 17.4. The molecular weight excluding hydrogens is 304 g/mol. The van der Waals surface area contributed by atoms with E-state index in [1.807, 2.05) is 0 Å². The second-order valence-electron chi connectivity index (χ2n) is 7.09. The molecule has 0 bridgehead atoms. The van der Waals surface area contributed by atoms with Gasteiger partial charge in [-0.15, -0.1) is 0 Å². The number of ether oxygens (including phenoxy) is 1. The monoisotopic (exact) mass is 332 g/mol. The van der Waals surface area contributed by atoms with Crippen LogP contribution < -0.4 is 5.32 Å². The lowest BCUT2D eigenvalue weighted by Crippen LogP contribution is -2.44. The zero-order valence-electron chi connectivity index (χ0n) is 14.4. The van der Waals surface area contributed by atoms with Crippen molar-refractivity contribution in [3.8, 4) is 0 Å². The van der Waals surface area contributed by atoms with Gasteiger partial charge < -0.3 is 15.2 Å². The summed E-state index contributed by atoms with van der Waals surface area (Å²) in [6.07, 6.45) is 3.02. The van der Waals surface area contributed by atoms with Crippen LogP contribution in [0.1, 0.15) is 36.8 Å². The van der Waals surface area contributed by atoms with Crippen molar-refractivity contribution in [3.05, 3.63) is 35.4 Å². The molecule has 1 aromatic rings. The van der Waals surface area contributed by atoms with Crippen LogP contribution in [-0.4, -0.2) is 48.3 Å². The highest BCUT2D eigenvalue weighted by atomic mass is 16.5. The summed E-state index contributed by atoms with van der Waals surface area (Å²) in [6, 6.07) is 8.83. The van der Waals surface area contributed by atoms with E-state index < -0.39 is 6.10 Å². The minimum atomic E-state index is -0.846. The Balaban J connectivity index is 1.43. The van der Waals surface area contributed by atoms with Gasteiger partial charge in [0.2, 0.25) is 5.91 Å². The van der Waals surface area contributed by atoms with Gasteiger partial charge in [0.25, 0.3) is 0 Å². The van der Waals surface area contributed by atoms with Gasteiger partial charge in [-0.25, -0.2) is 0 Å². The van der Waals surface area contributed by atoms with Gasteiger partial charge in [0, 0.05) is 19.7 Å². The van der Waals surface area contributed by atoms with Crippen molar-refractivity contribution in [3.63, 3.8) is 0 Å². The van der Waals surface area contributed by atoms with Crippen molar-refractivity contribution in [1.29, 1.82) is 0 Å². The number of nitrogens with one attached hydrogen (secondary N) is 1. The summed E-state index contributed by atoms with van der Waals surface area (Å²) in [5.41, 5.74) is 2.48. The number of rotatable bonds is 7. The molecule has 132 valence electrons. The molecule has 0 spiro atoms. The number of carbonyl (C=O) groups excluding carboxylic acids is 1. The molecule has 1 atom stereocenters. The molecule has 5 heteroatoms. The predicted molar refractivity (Wildman–Crippen MR) is 92.3 cm³/mol. The van der Waals surface area contributed by atoms with E-state index in [1.54, 1.807) is 7.11 Å². The second-order valence-corrected chi connectivity index (χ2v) is 7.09. The number of likely N-dealkylation sites (tertiary alicyclic amines) is 1. The lowest BCUT2D eigenvalue weighted by atomic mass is 9.90. The van der Waals surface area contributed by atoms with Crippen LogP contribution in [0.2, 0.25) is 0 Å². The summed E-state index contributed by atoms with van der Waals surface area (Å²) in [6.45, 7) is 3.42. The molecule has 0 aromatic heterocycles. The van der Waals surface area contributed by atoms with Crippen LogP contribution >= 0.6 is 0 Å². The zero-order valence-corrected chi connectivity index (χ0v) is 14.4. The molecule has 1 amide bonds. The number of aliphatic hydroxyl groups excluding tert-OH is 1. The number of benzene rings is 1. The highest BCUT2D eigenvalue weighted by molar-refractivity contribution is 5.81. The third kappa shape index (κ3) is 4.79. The maximum absolute atomic E-state index is 12.0. The number of piperidine rings is 1. The largest absolute Gasteiger partial charge is 0.383 e. The van der Waals surface area contributed by atoms with Gasteiger partial charge in [-0.05, 0) is 55.8 Å². The SMILES string of the molecule is COCc1ccc(CN2CCC([C@@H](O)C(=O)NC3CC3)CC2)cc1. The van der Waals surface area contributed by atoms with E-state index >= 15 is 0 Å². The Morgan fingerprint density at radius 2 is 1.83 bits per heavy atom. The number of hydrogen-bond donors (Lipinski definition) is 2. The molecule has 1 saturated carbocycles. The number of aliphatic hydroxyl groups is 1. The highest BCUT2D eigenvalue weighted by Crippen LogP contribution is 2.24. The van der Waals surface area contributed by atoms with Crippen LogP contribution in [0.15, 0.2) is 24.3 Å². The molecule has 0 radical (unpaired) electrons. The van der Waals surface area contributed by atoms with Crippen molar-refractivity contribution in [2.24, 2.45) is 5.92 Å². The molecule has 0 unspecified atom stereocenters. The third-order valence-electron chi connectivity index (χ3n) is 5.01.